The summed E-state index contributed by atoms with van der Waals surface area (Å²) < 4.78 is 13.7. The molecule has 2 aromatic heterocycles. The molecule has 0 amide bonds. The summed E-state index contributed by atoms with van der Waals surface area (Å²) in [6.07, 6.45) is 3.17. The van der Waals surface area contributed by atoms with Crippen molar-refractivity contribution in [3.05, 3.63) is 35.8 Å². The summed E-state index contributed by atoms with van der Waals surface area (Å²) in [6.45, 7) is 11.7. The number of aliphatic hydroxyl groups excluding tert-OH is 1. The number of rotatable bonds is 5. The average Bonchev–Trinajstić information content (AvgIpc) is 3.15. The molecule has 4 heterocycles. The highest BCUT2D eigenvalue weighted by Crippen LogP contribution is 2.38. The van der Waals surface area contributed by atoms with E-state index >= 15 is 0 Å². The summed E-state index contributed by atoms with van der Waals surface area (Å²) in [5, 5.41) is 10.7. The van der Waals surface area contributed by atoms with Crippen molar-refractivity contribution in [3.63, 3.8) is 0 Å². The number of piperazine rings is 1. The summed E-state index contributed by atoms with van der Waals surface area (Å²) in [7, 11) is 1.71. The molecule has 2 saturated heterocycles. The average molecular weight is 415 g/mol. The molecule has 30 heavy (non-hydrogen) atoms. The molecule has 2 aromatic rings. The van der Waals surface area contributed by atoms with Gasteiger partial charge in [0.05, 0.1) is 24.6 Å². The number of hydrogen-bond acceptors (Lipinski definition) is 6. The van der Waals surface area contributed by atoms with E-state index in [1.807, 2.05) is 33.0 Å². The Labute approximate surface area is 179 Å². The smallest absolute Gasteiger partial charge is 0.217 e. The van der Waals surface area contributed by atoms with Crippen LogP contribution in [0.1, 0.15) is 45.0 Å². The van der Waals surface area contributed by atoms with Gasteiger partial charge in [0.1, 0.15) is 11.6 Å². The number of hydrogen-bond donors (Lipinski definition) is 1. The number of nitrogens with zero attached hydrogens (tertiary/aromatic N) is 4. The van der Waals surface area contributed by atoms with Crippen molar-refractivity contribution in [2.75, 3.05) is 25.1 Å². The van der Waals surface area contributed by atoms with E-state index in [1.165, 1.54) is 0 Å². The Hall–Kier alpha value is -2.09. The first kappa shape index (κ1) is 21.2. The molecule has 2 fully saturated rings. The first-order chi connectivity index (χ1) is 14.2. The Bertz CT molecular complexity index is 871. The van der Waals surface area contributed by atoms with Crippen molar-refractivity contribution in [2.24, 2.45) is 0 Å². The first-order valence-electron chi connectivity index (χ1n) is 10.8. The van der Waals surface area contributed by atoms with Gasteiger partial charge in [-0.2, -0.15) is 0 Å². The van der Waals surface area contributed by atoms with Gasteiger partial charge in [-0.3, -0.25) is 0 Å². The van der Waals surface area contributed by atoms with Crippen LogP contribution in [0.15, 0.2) is 24.4 Å². The molecule has 7 nitrogen and oxygen atoms in total. The standard InChI is InChI=1S/C23H34N4O3/c1-15-7-8-16(2)26(15)21-11-20(29-6)19(12-24-21)25-13-17-9-10-18(14-25)27(17)22(28)30-23(3,4)5/h7-8,11-12,17-18,22,28H,9-10,13-14H2,1-6H3. The lowest BCUT2D eigenvalue weighted by Gasteiger charge is -2.45. The zero-order valence-electron chi connectivity index (χ0n) is 18.9. The highest BCUT2D eigenvalue weighted by molar-refractivity contribution is 5.60. The molecule has 0 aliphatic carbocycles. The van der Waals surface area contributed by atoms with E-state index in [-0.39, 0.29) is 17.7 Å². The highest BCUT2D eigenvalue weighted by atomic mass is 16.6. The van der Waals surface area contributed by atoms with Crippen LogP contribution in [0, 0.1) is 13.8 Å². The fraction of sp³-hybridized carbons (Fsp3) is 0.609. The third-order valence-corrected chi connectivity index (χ3v) is 6.15. The van der Waals surface area contributed by atoms with Crippen molar-refractivity contribution < 1.29 is 14.6 Å². The lowest BCUT2D eigenvalue weighted by atomic mass is 10.1. The Morgan fingerprint density at radius 3 is 2.23 bits per heavy atom. The second-order valence-electron chi connectivity index (χ2n) is 9.46. The predicted molar refractivity (Wildman–Crippen MR) is 117 cm³/mol. The molecular formula is C23H34N4O3. The molecule has 0 aromatic carbocycles. The van der Waals surface area contributed by atoms with E-state index in [0.717, 1.165) is 54.6 Å². The van der Waals surface area contributed by atoms with Gasteiger partial charge in [0.2, 0.25) is 6.41 Å². The minimum atomic E-state index is -0.869. The van der Waals surface area contributed by atoms with Crippen molar-refractivity contribution in [3.8, 4) is 11.6 Å². The van der Waals surface area contributed by atoms with Crippen LogP contribution in [0.3, 0.4) is 0 Å². The minimum Gasteiger partial charge on any atom is -0.494 e. The van der Waals surface area contributed by atoms with Gasteiger partial charge in [0, 0.05) is 42.6 Å². The molecular weight excluding hydrogens is 380 g/mol. The van der Waals surface area contributed by atoms with Crippen LogP contribution in [0.4, 0.5) is 5.69 Å². The molecule has 2 aliphatic heterocycles. The Morgan fingerprint density at radius 2 is 1.70 bits per heavy atom. The van der Waals surface area contributed by atoms with Crippen molar-refractivity contribution >= 4 is 5.69 Å². The fourth-order valence-electron chi connectivity index (χ4n) is 4.84. The zero-order chi connectivity index (χ0) is 21.6. The van der Waals surface area contributed by atoms with Gasteiger partial charge >= 0.3 is 0 Å². The number of aliphatic hydroxyl groups is 1. The van der Waals surface area contributed by atoms with Gasteiger partial charge in [-0.05, 0) is 59.6 Å². The topological polar surface area (TPSA) is 63.0 Å². The minimum absolute atomic E-state index is 0.249. The van der Waals surface area contributed by atoms with Crippen LogP contribution in [0.2, 0.25) is 0 Å². The van der Waals surface area contributed by atoms with Crippen LogP contribution < -0.4 is 9.64 Å². The number of fused-ring (bicyclic) bond motifs is 2. The second-order valence-corrected chi connectivity index (χ2v) is 9.46. The molecule has 1 N–H and O–H groups in total. The molecule has 2 aliphatic rings. The second kappa shape index (κ2) is 7.87. The fourth-order valence-corrected chi connectivity index (χ4v) is 4.84. The molecule has 3 atom stereocenters. The van der Waals surface area contributed by atoms with E-state index in [1.54, 1.807) is 7.11 Å². The van der Waals surface area contributed by atoms with Gasteiger partial charge in [0.25, 0.3) is 0 Å². The molecule has 164 valence electrons. The Balaban J connectivity index is 1.56. The number of aryl methyl sites for hydroxylation is 2. The maximum atomic E-state index is 10.7. The van der Waals surface area contributed by atoms with E-state index in [2.05, 4.69) is 40.3 Å². The number of ether oxygens (including phenoxy) is 2. The number of anilines is 1. The van der Waals surface area contributed by atoms with Crippen LogP contribution in [0.25, 0.3) is 5.82 Å². The maximum Gasteiger partial charge on any atom is 0.217 e. The van der Waals surface area contributed by atoms with E-state index in [9.17, 15) is 5.11 Å². The summed E-state index contributed by atoms with van der Waals surface area (Å²) in [6, 6.07) is 6.71. The zero-order valence-corrected chi connectivity index (χ0v) is 18.9. The van der Waals surface area contributed by atoms with Crippen LogP contribution in [0.5, 0.6) is 5.75 Å². The normalized spacial score (nSPS) is 23.1. The van der Waals surface area contributed by atoms with Crippen molar-refractivity contribution in [1.82, 2.24) is 14.5 Å². The van der Waals surface area contributed by atoms with E-state index in [0.29, 0.717) is 0 Å². The highest BCUT2D eigenvalue weighted by Gasteiger charge is 2.44. The molecule has 4 rings (SSSR count). The summed E-state index contributed by atoms with van der Waals surface area (Å²) in [4.78, 5) is 9.24. The summed E-state index contributed by atoms with van der Waals surface area (Å²) in [5.74, 6) is 1.69. The van der Waals surface area contributed by atoms with E-state index in [4.69, 9.17) is 14.5 Å². The van der Waals surface area contributed by atoms with Crippen molar-refractivity contribution in [2.45, 2.75) is 71.6 Å². The quantitative estimate of drug-likeness (QED) is 0.758. The van der Waals surface area contributed by atoms with Gasteiger partial charge in [-0.1, -0.05) is 0 Å². The Kier molecular flexibility index (Phi) is 5.55. The number of aromatic nitrogens is 2. The van der Waals surface area contributed by atoms with Gasteiger partial charge in [-0.25, -0.2) is 9.88 Å². The van der Waals surface area contributed by atoms with Crippen LogP contribution in [-0.2, 0) is 4.74 Å². The first-order valence-corrected chi connectivity index (χ1v) is 10.8. The maximum absolute atomic E-state index is 10.7. The summed E-state index contributed by atoms with van der Waals surface area (Å²) in [5.41, 5.74) is 2.92. The molecule has 0 saturated carbocycles. The molecule has 0 spiro atoms. The van der Waals surface area contributed by atoms with E-state index < -0.39 is 6.41 Å². The molecule has 7 heteroatoms. The van der Waals surface area contributed by atoms with Crippen LogP contribution in [-0.4, -0.2) is 63.9 Å². The lowest BCUT2D eigenvalue weighted by Crippen LogP contribution is -2.58. The monoisotopic (exact) mass is 414 g/mol. The van der Waals surface area contributed by atoms with Crippen molar-refractivity contribution in [1.29, 1.82) is 0 Å². The number of pyridine rings is 1. The van der Waals surface area contributed by atoms with Gasteiger partial charge in [-0.15, -0.1) is 0 Å². The van der Waals surface area contributed by atoms with Gasteiger partial charge in [0.15, 0.2) is 0 Å². The van der Waals surface area contributed by atoms with Gasteiger partial charge < -0.3 is 24.0 Å². The van der Waals surface area contributed by atoms with Crippen LogP contribution >= 0.6 is 0 Å². The Morgan fingerprint density at radius 1 is 1.10 bits per heavy atom. The SMILES string of the molecule is COc1cc(-n2c(C)ccc2C)ncc1N1CC2CCC(C1)N2C(O)OC(C)(C)C. The molecule has 0 radical (unpaired) electrons. The lowest BCUT2D eigenvalue weighted by molar-refractivity contribution is -0.252. The third kappa shape index (κ3) is 3.94. The molecule has 3 unspecified atom stereocenters. The third-order valence-electron chi connectivity index (χ3n) is 6.15. The largest absolute Gasteiger partial charge is 0.494 e. The summed E-state index contributed by atoms with van der Waals surface area (Å²) >= 11 is 0. The number of methoxy groups -OCH3 is 1. The molecule has 2 bridgehead atoms. The predicted octanol–water partition coefficient (Wildman–Crippen LogP) is 3.24.